The molecule has 0 spiro atoms. The summed E-state index contributed by atoms with van der Waals surface area (Å²) in [6.45, 7) is 6.36. The maximum atomic E-state index is 5.88. The van der Waals surface area contributed by atoms with E-state index in [9.17, 15) is 0 Å². The van der Waals surface area contributed by atoms with Crippen molar-refractivity contribution in [2.75, 3.05) is 13.2 Å². The van der Waals surface area contributed by atoms with Gasteiger partial charge in [0.2, 0.25) is 5.96 Å². The Bertz CT molecular complexity index is 856. The van der Waals surface area contributed by atoms with Gasteiger partial charge in [-0.25, -0.2) is 0 Å². The molecule has 0 bridgehead atoms. The number of unbranched alkanes of at least 4 members (excludes halogenated alkanes) is 4. The average molecular weight is 441 g/mol. The first-order valence-corrected chi connectivity index (χ1v) is 11.4. The van der Waals surface area contributed by atoms with Crippen molar-refractivity contribution in [3.8, 4) is 17.7 Å². The molecular formula is C25H33ClN4O. The number of aromatic nitrogens is 1. The van der Waals surface area contributed by atoms with E-state index in [1.807, 2.05) is 36.5 Å². The first kappa shape index (κ1) is 24.6. The van der Waals surface area contributed by atoms with Crippen LogP contribution in [-0.4, -0.2) is 24.1 Å². The lowest BCUT2D eigenvalue weighted by Crippen LogP contribution is -2.37. The molecule has 1 aromatic heterocycles. The summed E-state index contributed by atoms with van der Waals surface area (Å²) in [5, 5.41) is 7.43. The minimum absolute atomic E-state index is 0.621. The molecule has 0 saturated heterocycles. The number of rotatable bonds is 11. The number of nitrogens with one attached hydrogen (secondary N) is 2. The zero-order chi connectivity index (χ0) is 22.2. The maximum absolute atomic E-state index is 5.88. The van der Waals surface area contributed by atoms with Gasteiger partial charge in [-0.2, -0.15) is 4.99 Å². The molecule has 1 aromatic carbocycles. The van der Waals surface area contributed by atoms with Gasteiger partial charge in [-0.05, 0) is 62.1 Å². The van der Waals surface area contributed by atoms with Gasteiger partial charge < -0.3 is 15.4 Å². The fraction of sp³-hybridized carbons (Fsp3) is 0.440. The number of hydrogen-bond acceptors (Lipinski definition) is 3. The molecule has 0 aliphatic heterocycles. The van der Waals surface area contributed by atoms with Crippen molar-refractivity contribution in [1.29, 1.82) is 0 Å². The quantitative estimate of drug-likeness (QED) is 0.210. The Hall–Kier alpha value is -2.71. The van der Waals surface area contributed by atoms with Gasteiger partial charge >= 0.3 is 0 Å². The van der Waals surface area contributed by atoms with Crippen LogP contribution in [0.4, 0.5) is 0 Å². The highest BCUT2D eigenvalue weighted by molar-refractivity contribution is 6.30. The Morgan fingerprint density at radius 1 is 1.10 bits per heavy atom. The zero-order valence-corrected chi connectivity index (χ0v) is 19.3. The minimum atomic E-state index is 0.621. The molecule has 31 heavy (non-hydrogen) atoms. The number of benzene rings is 1. The van der Waals surface area contributed by atoms with E-state index in [0.29, 0.717) is 12.5 Å². The van der Waals surface area contributed by atoms with Gasteiger partial charge in [0, 0.05) is 30.2 Å². The SMILES string of the molecule is CCCC#CN=C(NCCCCCCOc1ccc(Cl)cc1)NCc1ncccc1C. The van der Waals surface area contributed by atoms with E-state index in [4.69, 9.17) is 16.3 Å². The van der Waals surface area contributed by atoms with E-state index in [1.165, 1.54) is 0 Å². The van der Waals surface area contributed by atoms with Crippen LogP contribution in [0, 0.1) is 18.9 Å². The summed E-state index contributed by atoms with van der Waals surface area (Å²) >= 11 is 5.88. The highest BCUT2D eigenvalue weighted by Gasteiger charge is 2.02. The summed E-state index contributed by atoms with van der Waals surface area (Å²) < 4.78 is 5.73. The van der Waals surface area contributed by atoms with Crippen LogP contribution in [0.3, 0.4) is 0 Å². The van der Waals surface area contributed by atoms with E-state index in [2.05, 4.69) is 52.5 Å². The van der Waals surface area contributed by atoms with Crippen LogP contribution >= 0.6 is 11.6 Å². The summed E-state index contributed by atoms with van der Waals surface area (Å²) in [5.41, 5.74) is 2.17. The van der Waals surface area contributed by atoms with Gasteiger partial charge in [0.1, 0.15) is 5.75 Å². The van der Waals surface area contributed by atoms with Crippen molar-refractivity contribution < 1.29 is 4.74 Å². The molecule has 2 aromatic rings. The standard InChI is InChI=1S/C25H33ClN4O/c1-3-4-7-16-28-25(30-20-24-21(2)11-10-18-27-24)29-17-8-5-6-9-19-31-23-14-12-22(26)13-15-23/h10-15,18H,3-6,8-9,17,19-20H2,1-2H3,(H2,28,29,30). The van der Waals surface area contributed by atoms with Crippen LogP contribution in [-0.2, 0) is 6.54 Å². The summed E-state index contributed by atoms with van der Waals surface area (Å²) in [5.74, 6) is 4.64. The Morgan fingerprint density at radius 3 is 2.68 bits per heavy atom. The number of ether oxygens (including phenoxy) is 1. The van der Waals surface area contributed by atoms with Crippen molar-refractivity contribution in [1.82, 2.24) is 15.6 Å². The van der Waals surface area contributed by atoms with Gasteiger partial charge in [-0.3, -0.25) is 4.98 Å². The monoisotopic (exact) mass is 440 g/mol. The highest BCUT2D eigenvalue weighted by Crippen LogP contribution is 2.15. The van der Waals surface area contributed by atoms with Gasteiger partial charge in [-0.1, -0.05) is 43.4 Å². The largest absolute Gasteiger partial charge is 0.494 e. The number of nitrogens with zero attached hydrogens (tertiary/aromatic N) is 2. The second-order valence-corrected chi connectivity index (χ2v) is 7.70. The first-order chi connectivity index (χ1) is 15.2. The lowest BCUT2D eigenvalue weighted by atomic mass is 10.2. The highest BCUT2D eigenvalue weighted by atomic mass is 35.5. The fourth-order valence-corrected chi connectivity index (χ4v) is 2.92. The van der Waals surface area contributed by atoms with E-state index in [0.717, 1.165) is 73.7 Å². The van der Waals surface area contributed by atoms with Crippen molar-refractivity contribution in [3.05, 3.63) is 58.9 Å². The topological polar surface area (TPSA) is 58.5 Å². The van der Waals surface area contributed by atoms with E-state index >= 15 is 0 Å². The summed E-state index contributed by atoms with van der Waals surface area (Å²) in [4.78, 5) is 8.79. The molecule has 5 nitrogen and oxygen atoms in total. The average Bonchev–Trinajstić information content (AvgIpc) is 2.78. The molecule has 0 saturated carbocycles. The van der Waals surface area contributed by atoms with Gasteiger partial charge in [0.05, 0.1) is 18.8 Å². The third-order valence-electron chi connectivity index (χ3n) is 4.61. The molecule has 2 rings (SSSR count). The first-order valence-electron chi connectivity index (χ1n) is 11.0. The number of aryl methyl sites for hydroxylation is 1. The van der Waals surface area contributed by atoms with Crippen LogP contribution in [0.1, 0.15) is 56.7 Å². The summed E-state index contributed by atoms with van der Waals surface area (Å²) in [6, 6.07) is 14.4. The second kappa shape index (κ2) is 15.1. The molecule has 0 atom stereocenters. The molecule has 0 aliphatic rings. The van der Waals surface area contributed by atoms with Gasteiger partial charge in [0.25, 0.3) is 0 Å². The Morgan fingerprint density at radius 2 is 1.90 bits per heavy atom. The number of guanidine groups is 1. The van der Waals surface area contributed by atoms with Crippen LogP contribution in [0.2, 0.25) is 5.02 Å². The van der Waals surface area contributed by atoms with Crippen LogP contribution in [0.25, 0.3) is 0 Å². The lowest BCUT2D eigenvalue weighted by Gasteiger charge is -2.12. The molecule has 0 amide bonds. The van der Waals surface area contributed by atoms with Gasteiger partial charge in [0.15, 0.2) is 0 Å². The lowest BCUT2D eigenvalue weighted by molar-refractivity contribution is 0.304. The van der Waals surface area contributed by atoms with E-state index in [1.54, 1.807) is 0 Å². The summed E-state index contributed by atoms with van der Waals surface area (Å²) in [6.07, 6.45) is 8.05. The maximum Gasteiger partial charge on any atom is 0.205 e. The fourth-order valence-electron chi connectivity index (χ4n) is 2.80. The molecule has 0 radical (unpaired) electrons. The van der Waals surface area contributed by atoms with E-state index in [-0.39, 0.29) is 0 Å². The molecule has 0 aliphatic carbocycles. The van der Waals surface area contributed by atoms with Crippen molar-refractivity contribution in [3.63, 3.8) is 0 Å². The normalized spacial score (nSPS) is 10.9. The third kappa shape index (κ3) is 10.8. The molecule has 0 unspecified atom stereocenters. The number of pyridine rings is 1. The third-order valence-corrected chi connectivity index (χ3v) is 4.86. The zero-order valence-electron chi connectivity index (χ0n) is 18.6. The predicted molar refractivity (Wildman–Crippen MR) is 129 cm³/mol. The van der Waals surface area contributed by atoms with Crippen molar-refractivity contribution in [2.24, 2.45) is 4.99 Å². The van der Waals surface area contributed by atoms with Crippen molar-refractivity contribution >= 4 is 17.6 Å². The van der Waals surface area contributed by atoms with Crippen LogP contribution in [0.5, 0.6) is 5.75 Å². The van der Waals surface area contributed by atoms with Crippen molar-refractivity contribution in [2.45, 2.75) is 58.9 Å². The van der Waals surface area contributed by atoms with Crippen LogP contribution < -0.4 is 15.4 Å². The van der Waals surface area contributed by atoms with Crippen LogP contribution in [0.15, 0.2) is 47.6 Å². The Balaban J connectivity index is 1.66. The summed E-state index contributed by atoms with van der Waals surface area (Å²) in [7, 11) is 0. The van der Waals surface area contributed by atoms with E-state index < -0.39 is 0 Å². The predicted octanol–water partition coefficient (Wildman–Crippen LogP) is 5.48. The number of aliphatic imine (C=N–C) groups is 1. The smallest absolute Gasteiger partial charge is 0.205 e. The Labute approximate surface area is 191 Å². The minimum Gasteiger partial charge on any atom is -0.494 e. The molecule has 2 N–H and O–H groups in total. The molecule has 166 valence electrons. The number of hydrogen-bond donors (Lipinski definition) is 2. The molecule has 6 heteroatoms. The second-order valence-electron chi connectivity index (χ2n) is 7.26. The Kier molecular flexibility index (Phi) is 12.0. The molecule has 0 fully saturated rings. The molecule has 1 heterocycles. The number of halogens is 1. The molecular weight excluding hydrogens is 408 g/mol. The van der Waals surface area contributed by atoms with Gasteiger partial charge in [-0.15, -0.1) is 0 Å².